The minimum absolute atomic E-state index is 0.176. The van der Waals surface area contributed by atoms with E-state index in [0.717, 1.165) is 19.5 Å². The molecule has 2 heterocycles. The van der Waals surface area contributed by atoms with Gasteiger partial charge in [-0.3, -0.25) is 9.89 Å². The Morgan fingerprint density at radius 1 is 1.81 bits per heavy atom. The van der Waals surface area contributed by atoms with Gasteiger partial charge in [0.15, 0.2) is 0 Å². The van der Waals surface area contributed by atoms with Gasteiger partial charge in [0.1, 0.15) is 5.69 Å². The molecule has 16 heavy (non-hydrogen) atoms. The summed E-state index contributed by atoms with van der Waals surface area (Å²) in [6.07, 6.45) is 2.58. The van der Waals surface area contributed by atoms with E-state index < -0.39 is 0 Å². The van der Waals surface area contributed by atoms with E-state index in [2.05, 4.69) is 27.5 Å². The van der Waals surface area contributed by atoms with Gasteiger partial charge >= 0.3 is 0 Å². The number of hydrogen-bond donors (Lipinski definition) is 3. The van der Waals surface area contributed by atoms with Crippen LogP contribution in [0.25, 0.3) is 0 Å². The molecule has 1 atom stereocenters. The number of amides is 1. The number of nitrogen functional groups attached to an aromatic ring is 1. The molecule has 1 unspecified atom stereocenters. The minimum atomic E-state index is -0.176. The van der Waals surface area contributed by atoms with Crippen molar-refractivity contribution in [1.29, 1.82) is 0 Å². The van der Waals surface area contributed by atoms with Crippen molar-refractivity contribution in [3.63, 3.8) is 0 Å². The Hall–Kier alpha value is -1.56. The van der Waals surface area contributed by atoms with Crippen LogP contribution in [-0.4, -0.2) is 47.7 Å². The highest BCUT2D eigenvalue weighted by molar-refractivity contribution is 5.96. The Balaban J connectivity index is 1.82. The number of H-pyrrole nitrogens is 1. The lowest BCUT2D eigenvalue weighted by Gasteiger charge is -2.11. The van der Waals surface area contributed by atoms with Gasteiger partial charge in [-0.2, -0.15) is 5.10 Å². The molecule has 0 spiro atoms. The highest BCUT2D eigenvalue weighted by Gasteiger charge is 2.20. The third-order valence-corrected chi connectivity index (χ3v) is 2.94. The van der Waals surface area contributed by atoms with Crippen molar-refractivity contribution in [3.05, 3.63) is 11.9 Å². The number of hydrogen-bond acceptors (Lipinski definition) is 4. The molecular weight excluding hydrogens is 206 g/mol. The number of nitrogens with zero attached hydrogens (tertiary/aromatic N) is 2. The zero-order valence-corrected chi connectivity index (χ0v) is 9.36. The van der Waals surface area contributed by atoms with Gasteiger partial charge in [-0.05, 0) is 25.9 Å². The summed E-state index contributed by atoms with van der Waals surface area (Å²) >= 11 is 0. The van der Waals surface area contributed by atoms with Gasteiger partial charge in [0.25, 0.3) is 5.91 Å². The number of aromatic amines is 1. The molecule has 6 heteroatoms. The van der Waals surface area contributed by atoms with E-state index in [0.29, 0.717) is 23.8 Å². The molecule has 1 saturated heterocycles. The molecule has 0 saturated carbocycles. The van der Waals surface area contributed by atoms with Crippen molar-refractivity contribution >= 4 is 11.6 Å². The van der Waals surface area contributed by atoms with Gasteiger partial charge in [0.05, 0.1) is 11.9 Å². The summed E-state index contributed by atoms with van der Waals surface area (Å²) in [6, 6.07) is 0. The lowest BCUT2D eigenvalue weighted by molar-refractivity contribution is 0.0943. The van der Waals surface area contributed by atoms with Crippen molar-refractivity contribution in [2.24, 2.45) is 5.92 Å². The number of likely N-dealkylation sites (tertiary alicyclic amines) is 1. The number of rotatable bonds is 3. The smallest absolute Gasteiger partial charge is 0.271 e. The fourth-order valence-corrected chi connectivity index (χ4v) is 2.00. The minimum Gasteiger partial charge on any atom is -0.396 e. The van der Waals surface area contributed by atoms with Gasteiger partial charge in [0.2, 0.25) is 0 Å². The van der Waals surface area contributed by atoms with Crippen LogP contribution in [0.15, 0.2) is 6.20 Å². The molecule has 1 aliphatic heterocycles. The molecule has 4 N–H and O–H groups in total. The molecule has 88 valence electrons. The van der Waals surface area contributed by atoms with Crippen LogP contribution in [0.2, 0.25) is 0 Å². The van der Waals surface area contributed by atoms with Gasteiger partial charge in [-0.1, -0.05) is 0 Å². The second-order valence-electron chi connectivity index (χ2n) is 4.33. The first kappa shape index (κ1) is 10.9. The van der Waals surface area contributed by atoms with E-state index in [4.69, 9.17) is 5.73 Å². The van der Waals surface area contributed by atoms with Gasteiger partial charge in [-0.15, -0.1) is 0 Å². The molecule has 1 aromatic heterocycles. The molecule has 1 amide bonds. The van der Waals surface area contributed by atoms with E-state index in [1.165, 1.54) is 6.20 Å². The summed E-state index contributed by atoms with van der Waals surface area (Å²) in [5, 5.41) is 9.18. The maximum absolute atomic E-state index is 11.7. The second kappa shape index (κ2) is 4.52. The molecule has 1 aliphatic rings. The zero-order chi connectivity index (χ0) is 11.5. The Morgan fingerprint density at radius 3 is 3.19 bits per heavy atom. The monoisotopic (exact) mass is 223 g/mol. The van der Waals surface area contributed by atoms with Crippen molar-refractivity contribution in [2.75, 3.05) is 32.4 Å². The van der Waals surface area contributed by atoms with Crippen LogP contribution in [-0.2, 0) is 0 Å². The van der Waals surface area contributed by atoms with Gasteiger partial charge < -0.3 is 16.0 Å². The predicted octanol–water partition coefficient (Wildman–Crippen LogP) is -0.327. The maximum atomic E-state index is 11.7. The highest BCUT2D eigenvalue weighted by atomic mass is 16.1. The third-order valence-electron chi connectivity index (χ3n) is 2.94. The highest BCUT2D eigenvalue weighted by Crippen LogP contribution is 2.13. The van der Waals surface area contributed by atoms with Gasteiger partial charge in [-0.25, -0.2) is 0 Å². The van der Waals surface area contributed by atoms with Crippen molar-refractivity contribution in [2.45, 2.75) is 6.42 Å². The maximum Gasteiger partial charge on any atom is 0.271 e. The standard InChI is InChI=1S/C10H17N5O/c1-15-3-2-7(6-15)4-12-10(16)9-8(11)5-13-14-9/h5,7H,2-4,6,11H2,1H3,(H,12,16)(H,13,14). The van der Waals surface area contributed by atoms with E-state index in [9.17, 15) is 4.79 Å². The SMILES string of the molecule is CN1CCC(CNC(=O)c2[nH]ncc2N)C1. The average Bonchev–Trinajstić information content (AvgIpc) is 2.84. The molecule has 0 radical (unpaired) electrons. The fourth-order valence-electron chi connectivity index (χ4n) is 2.00. The number of carbonyl (C=O) groups excluding carboxylic acids is 1. The quantitative estimate of drug-likeness (QED) is 0.655. The Labute approximate surface area is 94.2 Å². The summed E-state index contributed by atoms with van der Waals surface area (Å²) in [4.78, 5) is 14.0. The average molecular weight is 223 g/mol. The zero-order valence-electron chi connectivity index (χ0n) is 9.36. The number of nitrogens with two attached hydrogens (primary N) is 1. The van der Waals surface area contributed by atoms with Crippen LogP contribution < -0.4 is 11.1 Å². The van der Waals surface area contributed by atoms with Crippen LogP contribution >= 0.6 is 0 Å². The van der Waals surface area contributed by atoms with Crippen LogP contribution in [0.1, 0.15) is 16.9 Å². The van der Waals surface area contributed by atoms with E-state index in [1.807, 2.05) is 0 Å². The van der Waals surface area contributed by atoms with Crippen LogP contribution in [0.4, 0.5) is 5.69 Å². The predicted molar refractivity (Wildman–Crippen MR) is 60.9 cm³/mol. The van der Waals surface area contributed by atoms with E-state index >= 15 is 0 Å². The van der Waals surface area contributed by atoms with Crippen LogP contribution in [0.3, 0.4) is 0 Å². The Bertz CT molecular complexity index is 375. The van der Waals surface area contributed by atoms with Crippen LogP contribution in [0, 0.1) is 5.92 Å². The van der Waals surface area contributed by atoms with Crippen LogP contribution in [0.5, 0.6) is 0 Å². The molecule has 0 bridgehead atoms. The summed E-state index contributed by atoms with van der Waals surface area (Å²) in [5.74, 6) is 0.364. The number of aromatic nitrogens is 2. The number of carbonyl (C=O) groups is 1. The molecular formula is C10H17N5O. The summed E-state index contributed by atoms with van der Waals surface area (Å²) < 4.78 is 0. The van der Waals surface area contributed by atoms with E-state index in [-0.39, 0.29) is 5.91 Å². The normalized spacial score (nSPS) is 21.2. The molecule has 1 fully saturated rings. The molecule has 0 aliphatic carbocycles. The summed E-state index contributed by atoms with van der Waals surface area (Å²) in [5.41, 5.74) is 6.33. The summed E-state index contributed by atoms with van der Waals surface area (Å²) in [6.45, 7) is 2.84. The largest absolute Gasteiger partial charge is 0.396 e. The Morgan fingerprint density at radius 2 is 2.62 bits per heavy atom. The lowest BCUT2D eigenvalue weighted by Crippen LogP contribution is -2.31. The first-order valence-electron chi connectivity index (χ1n) is 5.42. The molecule has 1 aromatic rings. The lowest BCUT2D eigenvalue weighted by atomic mass is 10.1. The molecule has 6 nitrogen and oxygen atoms in total. The fraction of sp³-hybridized carbons (Fsp3) is 0.600. The van der Waals surface area contributed by atoms with Crippen molar-refractivity contribution in [3.8, 4) is 0 Å². The van der Waals surface area contributed by atoms with Gasteiger partial charge in [0, 0.05) is 13.1 Å². The first-order valence-corrected chi connectivity index (χ1v) is 5.42. The van der Waals surface area contributed by atoms with E-state index in [1.54, 1.807) is 0 Å². The van der Waals surface area contributed by atoms with Crippen molar-refractivity contribution < 1.29 is 4.79 Å². The number of nitrogens with one attached hydrogen (secondary N) is 2. The molecule has 2 rings (SSSR count). The molecule has 0 aromatic carbocycles. The topological polar surface area (TPSA) is 87.0 Å². The Kier molecular flexibility index (Phi) is 3.09. The van der Waals surface area contributed by atoms with Crippen molar-refractivity contribution in [1.82, 2.24) is 20.4 Å². The number of anilines is 1. The first-order chi connectivity index (χ1) is 7.66. The summed E-state index contributed by atoms with van der Waals surface area (Å²) in [7, 11) is 2.09. The third kappa shape index (κ3) is 2.33. The second-order valence-corrected chi connectivity index (χ2v) is 4.33.